The molecule has 0 radical (unpaired) electrons. The Morgan fingerprint density at radius 3 is 2.38 bits per heavy atom. The van der Waals surface area contributed by atoms with E-state index in [1.807, 2.05) is 31.2 Å². The minimum atomic E-state index is -0.318. The summed E-state index contributed by atoms with van der Waals surface area (Å²) in [6.45, 7) is 6.16. The molecule has 1 aliphatic heterocycles. The lowest BCUT2D eigenvalue weighted by molar-refractivity contribution is -0.137. The molecule has 0 unspecified atom stereocenters. The van der Waals surface area contributed by atoms with Crippen molar-refractivity contribution in [2.45, 2.75) is 32.9 Å². The average Bonchev–Trinajstić information content (AvgIpc) is 2.97. The van der Waals surface area contributed by atoms with Gasteiger partial charge in [0.1, 0.15) is 10.1 Å². The normalized spacial score (nSPS) is 20.3. The van der Waals surface area contributed by atoms with E-state index in [0.29, 0.717) is 10.2 Å². The molecule has 0 N–H and O–H groups in total. The number of amides is 1. The van der Waals surface area contributed by atoms with Crippen LogP contribution in [0.3, 0.4) is 0 Å². The molecule has 0 aromatic heterocycles. The van der Waals surface area contributed by atoms with E-state index < -0.39 is 0 Å². The number of methoxy groups -OCH3 is 2. The molecule has 0 spiro atoms. The maximum absolute atomic E-state index is 13.1. The zero-order chi connectivity index (χ0) is 17.9. The van der Waals surface area contributed by atoms with Crippen LogP contribution >= 0.6 is 24.0 Å². The third-order valence-electron chi connectivity index (χ3n) is 4.45. The number of carbonyl (C=O) groups is 1. The van der Waals surface area contributed by atoms with Crippen LogP contribution < -0.4 is 4.74 Å². The highest BCUT2D eigenvalue weighted by molar-refractivity contribution is 8.23. The molecule has 1 aromatic carbocycles. The van der Waals surface area contributed by atoms with Crippen molar-refractivity contribution >= 4 is 34.2 Å². The SMILES string of the molecule is COc1ccc([C@@H](OC)[C@@H](C)C(=O)N2C(=S)SC[C@@H]2C(C)C)cc1. The first-order valence-corrected chi connectivity index (χ1v) is 9.46. The van der Waals surface area contributed by atoms with Crippen molar-refractivity contribution in [2.75, 3.05) is 20.0 Å². The lowest BCUT2D eigenvalue weighted by Crippen LogP contribution is -2.45. The van der Waals surface area contributed by atoms with Gasteiger partial charge in [0, 0.05) is 18.9 Å². The number of ether oxygens (including phenoxy) is 2. The minimum Gasteiger partial charge on any atom is -0.497 e. The Balaban J connectivity index is 2.21. The molecule has 1 aliphatic rings. The van der Waals surface area contributed by atoms with Crippen LogP contribution in [0.25, 0.3) is 0 Å². The molecule has 1 heterocycles. The molecular weight excluding hydrogens is 342 g/mol. The predicted molar refractivity (Wildman–Crippen MR) is 102 cm³/mol. The third-order valence-corrected chi connectivity index (χ3v) is 5.96. The zero-order valence-corrected chi connectivity index (χ0v) is 16.4. The van der Waals surface area contributed by atoms with E-state index in [9.17, 15) is 4.79 Å². The van der Waals surface area contributed by atoms with Gasteiger partial charge in [-0.3, -0.25) is 9.69 Å². The lowest BCUT2D eigenvalue weighted by atomic mass is 9.94. The van der Waals surface area contributed by atoms with Gasteiger partial charge in [0.2, 0.25) is 5.91 Å². The number of rotatable bonds is 6. The van der Waals surface area contributed by atoms with Crippen LogP contribution in [0.1, 0.15) is 32.4 Å². The first kappa shape index (κ1) is 19.2. The third kappa shape index (κ3) is 3.92. The van der Waals surface area contributed by atoms with Gasteiger partial charge >= 0.3 is 0 Å². The van der Waals surface area contributed by atoms with Crippen molar-refractivity contribution in [3.8, 4) is 5.75 Å². The van der Waals surface area contributed by atoms with Gasteiger partial charge < -0.3 is 9.47 Å². The molecule has 24 heavy (non-hydrogen) atoms. The molecule has 0 aliphatic carbocycles. The highest BCUT2D eigenvalue weighted by Gasteiger charge is 2.39. The summed E-state index contributed by atoms with van der Waals surface area (Å²) < 4.78 is 11.5. The zero-order valence-electron chi connectivity index (χ0n) is 14.8. The second-order valence-electron chi connectivity index (χ2n) is 6.31. The van der Waals surface area contributed by atoms with Crippen molar-refractivity contribution in [1.82, 2.24) is 4.90 Å². The summed E-state index contributed by atoms with van der Waals surface area (Å²) in [5.74, 6) is 1.74. The molecule has 4 nitrogen and oxygen atoms in total. The number of hydrogen-bond acceptors (Lipinski definition) is 5. The standard InChI is InChI=1S/C18H25NO3S2/c1-11(2)15-10-24-18(23)19(15)17(20)12(3)16(22-5)13-6-8-14(21-4)9-7-13/h6-9,11-12,15-16H,10H2,1-5H3/t12-,15-,16+/m1/s1. The number of nitrogens with zero attached hydrogens (tertiary/aromatic N) is 1. The van der Waals surface area contributed by atoms with E-state index >= 15 is 0 Å². The van der Waals surface area contributed by atoms with Gasteiger partial charge in [-0.2, -0.15) is 0 Å². The van der Waals surface area contributed by atoms with Gasteiger partial charge in [0.05, 0.1) is 19.1 Å². The van der Waals surface area contributed by atoms with Crippen molar-refractivity contribution in [3.63, 3.8) is 0 Å². The van der Waals surface area contributed by atoms with Crippen LogP contribution in [0.4, 0.5) is 0 Å². The summed E-state index contributed by atoms with van der Waals surface area (Å²) in [6.07, 6.45) is -0.315. The van der Waals surface area contributed by atoms with Crippen LogP contribution in [0.15, 0.2) is 24.3 Å². The van der Waals surface area contributed by atoms with Gasteiger partial charge in [-0.05, 0) is 23.6 Å². The molecule has 6 heteroatoms. The van der Waals surface area contributed by atoms with Gasteiger partial charge in [0.25, 0.3) is 0 Å². The molecule has 2 rings (SSSR count). The van der Waals surface area contributed by atoms with Crippen molar-refractivity contribution in [3.05, 3.63) is 29.8 Å². The fourth-order valence-electron chi connectivity index (χ4n) is 2.95. The van der Waals surface area contributed by atoms with E-state index in [2.05, 4.69) is 13.8 Å². The van der Waals surface area contributed by atoms with Crippen LogP contribution in [0.2, 0.25) is 0 Å². The Hall–Kier alpha value is -1.11. The molecular formula is C18H25NO3S2. The van der Waals surface area contributed by atoms with Crippen LogP contribution in [-0.2, 0) is 9.53 Å². The molecule has 1 fully saturated rings. The Morgan fingerprint density at radius 2 is 1.88 bits per heavy atom. The van der Waals surface area contributed by atoms with Crippen LogP contribution in [0.5, 0.6) is 5.75 Å². The number of hydrogen-bond donors (Lipinski definition) is 0. The fourth-order valence-corrected chi connectivity index (χ4v) is 4.59. The second-order valence-corrected chi connectivity index (χ2v) is 7.97. The molecule has 1 amide bonds. The molecule has 0 bridgehead atoms. The maximum atomic E-state index is 13.1. The smallest absolute Gasteiger partial charge is 0.234 e. The molecule has 132 valence electrons. The van der Waals surface area contributed by atoms with Gasteiger partial charge in [-0.25, -0.2) is 0 Å². The molecule has 1 saturated heterocycles. The second kappa shape index (κ2) is 8.32. The van der Waals surface area contributed by atoms with Crippen molar-refractivity contribution < 1.29 is 14.3 Å². The Morgan fingerprint density at radius 1 is 1.25 bits per heavy atom. The van der Waals surface area contributed by atoms with E-state index in [1.54, 1.807) is 30.9 Å². The molecule has 0 saturated carbocycles. The predicted octanol–water partition coefficient (Wildman–Crippen LogP) is 3.90. The maximum Gasteiger partial charge on any atom is 0.234 e. The Labute approximate surface area is 153 Å². The number of benzene rings is 1. The first-order chi connectivity index (χ1) is 11.4. The average molecular weight is 368 g/mol. The summed E-state index contributed by atoms with van der Waals surface area (Å²) in [7, 11) is 3.27. The molecule has 1 aromatic rings. The van der Waals surface area contributed by atoms with E-state index in [0.717, 1.165) is 17.1 Å². The van der Waals surface area contributed by atoms with Crippen molar-refractivity contribution in [1.29, 1.82) is 0 Å². The molecule has 3 atom stereocenters. The lowest BCUT2D eigenvalue weighted by Gasteiger charge is -2.31. The van der Waals surface area contributed by atoms with E-state index in [1.165, 1.54) is 0 Å². The number of thiocarbonyl (C=S) groups is 1. The van der Waals surface area contributed by atoms with Gasteiger partial charge in [-0.1, -0.05) is 56.9 Å². The van der Waals surface area contributed by atoms with Crippen LogP contribution in [0, 0.1) is 11.8 Å². The summed E-state index contributed by atoms with van der Waals surface area (Å²) in [5.41, 5.74) is 0.956. The summed E-state index contributed by atoms with van der Waals surface area (Å²) in [6, 6.07) is 7.80. The van der Waals surface area contributed by atoms with Gasteiger partial charge in [-0.15, -0.1) is 0 Å². The summed E-state index contributed by atoms with van der Waals surface area (Å²) in [5, 5.41) is 0. The largest absolute Gasteiger partial charge is 0.497 e. The summed E-state index contributed by atoms with van der Waals surface area (Å²) >= 11 is 7.00. The number of thioether (sulfide) groups is 1. The highest BCUT2D eigenvalue weighted by Crippen LogP contribution is 2.34. The van der Waals surface area contributed by atoms with Crippen LogP contribution in [-0.4, -0.2) is 41.1 Å². The van der Waals surface area contributed by atoms with E-state index in [4.69, 9.17) is 21.7 Å². The Bertz CT molecular complexity index is 588. The van der Waals surface area contributed by atoms with Gasteiger partial charge in [0.15, 0.2) is 0 Å². The topological polar surface area (TPSA) is 38.8 Å². The highest BCUT2D eigenvalue weighted by atomic mass is 32.2. The summed E-state index contributed by atoms with van der Waals surface area (Å²) in [4.78, 5) is 14.9. The van der Waals surface area contributed by atoms with E-state index in [-0.39, 0.29) is 24.0 Å². The fraction of sp³-hybridized carbons (Fsp3) is 0.556. The first-order valence-electron chi connectivity index (χ1n) is 8.07. The monoisotopic (exact) mass is 367 g/mol. The van der Waals surface area contributed by atoms with Crippen molar-refractivity contribution in [2.24, 2.45) is 11.8 Å². The number of carbonyl (C=O) groups excluding carboxylic acids is 1. The quantitative estimate of drug-likeness (QED) is 0.713. The Kier molecular flexibility index (Phi) is 6.66. The minimum absolute atomic E-state index is 0.0337.